The molecule has 0 spiro atoms. The highest BCUT2D eigenvalue weighted by Gasteiger charge is 2.04. The Kier molecular flexibility index (Phi) is 6.10. The Morgan fingerprint density at radius 1 is 0.810 bits per heavy atom. The van der Waals surface area contributed by atoms with Crippen LogP contribution in [0.15, 0.2) is 54.6 Å². The van der Waals surface area contributed by atoms with E-state index in [1.54, 1.807) is 0 Å². The van der Waals surface area contributed by atoms with Gasteiger partial charge in [0.15, 0.2) is 11.5 Å². The van der Waals surface area contributed by atoms with Crippen LogP contribution < -0.4 is 9.47 Å². The van der Waals surface area contributed by atoms with E-state index in [4.69, 9.17) is 9.47 Å². The lowest BCUT2D eigenvalue weighted by atomic mass is 10.2. The first-order valence-electron chi connectivity index (χ1n) is 7.29. The minimum atomic E-state index is 0.554. The van der Waals surface area contributed by atoms with Gasteiger partial charge in [-0.2, -0.15) is 0 Å². The molecule has 0 saturated carbocycles. The van der Waals surface area contributed by atoms with Crippen LogP contribution in [0.25, 0.3) is 0 Å². The summed E-state index contributed by atoms with van der Waals surface area (Å²) in [6.07, 6.45) is 1.00. The molecule has 2 rings (SSSR count). The fraction of sp³-hybridized carbons (Fsp3) is 0.333. The molecule has 2 aromatic rings. The van der Waals surface area contributed by atoms with Crippen molar-refractivity contribution in [2.45, 2.75) is 13.0 Å². The predicted octanol–water partition coefficient (Wildman–Crippen LogP) is 3.60. The highest BCUT2D eigenvalue weighted by molar-refractivity contribution is 5.39. The average Bonchev–Trinajstić information content (AvgIpc) is 2.51. The Morgan fingerprint density at radius 3 is 2.10 bits per heavy atom. The summed E-state index contributed by atoms with van der Waals surface area (Å²) in [5.41, 5.74) is 1.15. The highest BCUT2D eigenvalue weighted by atomic mass is 16.5. The van der Waals surface area contributed by atoms with Crippen molar-refractivity contribution in [2.75, 3.05) is 27.2 Å². The third-order valence-electron chi connectivity index (χ3n) is 3.09. The third kappa shape index (κ3) is 5.48. The van der Waals surface area contributed by atoms with E-state index in [9.17, 15) is 0 Å². The van der Waals surface area contributed by atoms with Crippen LogP contribution in [0.4, 0.5) is 0 Å². The van der Waals surface area contributed by atoms with Gasteiger partial charge in [0.05, 0.1) is 6.61 Å². The molecular formula is C18H23NO2. The zero-order valence-corrected chi connectivity index (χ0v) is 12.8. The van der Waals surface area contributed by atoms with Crippen LogP contribution in [0.3, 0.4) is 0 Å². The maximum atomic E-state index is 5.87. The van der Waals surface area contributed by atoms with Crippen molar-refractivity contribution in [3.05, 3.63) is 60.2 Å². The van der Waals surface area contributed by atoms with Gasteiger partial charge in [-0.05, 0) is 38.2 Å². The van der Waals surface area contributed by atoms with Crippen LogP contribution in [-0.2, 0) is 6.61 Å². The summed E-state index contributed by atoms with van der Waals surface area (Å²) in [6, 6.07) is 18.0. The fourth-order valence-electron chi connectivity index (χ4n) is 1.99. The van der Waals surface area contributed by atoms with Crippen molar-refractivity contribution in [3.63, 3.8) is 0 Å². The lowest BCUT2D eigenvalue weighted by Gasteiger charge is -2.14. The Morgan fingerprint density at radius 2 is 1.43 bits per heavy atom. The summed E-state index contributed by atoms with van der Waals surface area (Å²) in [5, 5.41) is 0. The van der Waals surface area contributed by atoms with Gasteiger partial charge in [0, 0.05) is 6.54 Å². The smallest absolute Gasteiger partial charge is 0.161 e. The summed E-state index contributed by atoms with van der Waals surface area (Å²) in [6.45, 7) is 2.27. The molecule has 0 aromatic heterocycles. The van der Waals surface area contributed by atoms with Crippen LogP contribution in [0.2, 0.25) is 0 Å². The Bertz CT molecular complexity index is 526. The van der Waals surface area contributed by atoms with Crippen LogP contribution >= 0.6 is 0 Å². The average molecular weight is 285 g/mol. The van der Waals surface area contributed by atoms with Gasteiger partial charge >= 0.3 is 0 Å². The molecule has 0 unspecified atom stereocenters. The second-order valence-corrected chi connectivity index (χ2v) is 5.23. The minimum Gasteiger partial charge on any atom is -0.490 e. The lowest BCUT2D eigenvalue weighted by molar-refractivity contribution is 0.249. The van der Waals surface area contributed by atoms with Gasteiger partial charge in [-0.15, -0.1) is 0 Å². The Labute approximate surface area is 127 Å². The van der Waals surface area contributed by atoms with E-state index >= 15 is 0 Å². The third-order valence-corrected chi connectivity index (χ3v) is 3.09. The molecule has 0 fully saturated rings. The Balaban J connectivity index is 1.87. The molecule has 0 bridgehead atoms. The van der Waals surface area contributed by atoms with Gasteiger partial charge in [-0.1, -0.05) is 42.5 Å². The minimum absolute atomic E-state index is 0.554. The molecule has 21 heavy (non-hydrogen) atoms. The van der Waals surface area contributed by atoms with Crippen LogP contribution in [-0.4, -0.2) is 32.1 Å². The molecule has 2 aromatic carbocycles. The quantitative estimate of drug-likeness (QED) is 0.692. The van der Waals surface area contributed by atoms with Gasteiger partial charge in [0.25, 0.3) is 0 Å². The number of benzene rings is 2. The highest BCUT2D eigenvalue weighted by Crippen LogP contribution is 2.27. The SMILES string of the molecule is CN(C)CCCOc1ccccc1OCc1ccccc1. The lowest BCUT2D eigenvalue weighted by Crippen LogP contribution is -2.15. The molecule has 3 nitrogen and oxygen atoms in total. The van der Waals surface area contributed by atoms with Crippen LogP contribution in [0.1, 0.15) is 12.0 Å². The zero-order chi connectivity index (χ0) is 14.9. The molecule has 0 heterocycles. The summed E-state index contributed by atoms with van der Waals surface area (Å²) >= 11 is 0. The molecule has 0 amide bonds. The van der Waals surface area contributed by atoms with Crippen molar-refractivity contribution in [2.24, 2.45) is 0 Å². The van der Waals surface area contributed by atoms with E-state index in [0.29, 0.717) is 13.2 Å². The van der Waals surface area contributed by atoms with Gasteiger partial charge in [-0.3, -0.25) is 0 Å². The molecule has 0 radical (unpaired) electrons. The second-order valence-electron chi connectivity index (χ2n) is 5.23. The first-order chi connectivity index (χ1) is 10.3. The van der Waals surface area contributed by atoms with E-state index < -0.39 is 0 Å². The zero-order valence-electron chi connectivity index (χ0n) is 12.8. The van der Waals surface area contributed by atoms with Gasteiger partial charge < -0.3 is 14.4 Å². The monoisotopic (exact) mass is 285 g/mol. The normalized spacial score (nSPS) is 10.6. The van der Waals surface area contributed by atoms with Gasteiger partial charge in [0.2, 0.25) is 0 Å². The standard InChI is InChI=1S/C18H23NO2/c1-19(2)13-8-14-20-17-11-6-7-12-18(17)21-15-16-9-4-3-5-10-16/h3-7,9-12H,8,13-15H2,1-2H3. The van der Waals surface area contributed by atoms with Crippen molar-refractivity contribution in [3.8, 4) is 11.5 Å². The molecule has 112 valence electrons. The molecule has 3 heteroatoms. The van der Waals surface area contributed by atoms with Crippen molar-refractivity contribution in [1.29, 1.82) is 0 Å². The van der Waals surface area contributed by atoms with Crippen LogP contribution in [0, 0.1) is 0 Å². The summed E-state index contributed by atoms with van der Waals surface area (Å²) < 4.78 is 11.7. The molecule has 0 aliphatic rings. The second kappa shape index (κ2) is 8.32. The van der Waals surface area contributed by atoms with Gasteiger partial charge in [-0.25, -0.2) is 0 Å². The van der Waals surface area contributed by atoms with E-state index in [0.717, 1.165) is 30.0 Å². The van der Waals surface area contributed by atoms with Crippen molar-refractivity contribution < 1.29 is 9.47 Å². The Hall–Kier alpha value is -2.00. The number of nitrogens with zero attached hydrogens (tertiary/aromatic N) is 1. The number of para-hydroxylation sites is 2. The van der Waals surface area contributed by atoms with Crippen LogP contribution in [0.5, 0.6) is 11.5 Å². The molecule has 0 atom stereocenters. The van der Waals surface area contributed by atoms with Crippen molar-refractivity contribution >= 4 is 0 Å². The van der Waals surface area contributed by atoms with Gasteiger partial charge in [0.1, 0.15) is 6.61 Å². The number of ether oxygens (including phenoxy) is 2. The van der Waals surface area contributed by atoms with E-state index in [1.165, 1.54) is 0 Å². The summed E-state index contributed by atoms with van der Waals surface area (Å²) in [4.78, 5) is 2.15. The number of rotatable bonds is 8. The maximum Gasteiger partial charge on any atom is 0.161 e. The number of hydrogen-bond donors (Lipinski definition) is 0. The fourth-order valence-corrected chi connectivity index (χ4v) is 1.99. The van der Waals surface area contributed by atoms with Crippen molar-refractivity contribution in [1.82, 2.24) is 4.90 Å². The molecule has 0 aliphatic heterocycles. The first-order valence-corrected chi connectivity index (χ1v) is 7.29. The molecule has 0 saturated heterocycles. The van der Waals surface area contributed by atoms with E-state index in [-0.39, 0.29) is 0 Å². The van der Waals surface area contributed by atoms with E-state index in [2.05, 4.69) is 31.1 Å². The molecule has 0 aliphatic carbocycles. The molecular weight excluding hydrogens is 262 g/mol. The largest absolute Gasteiger partial charge is 0.490 e. The summed E-state index contributed by atoms with van der Waals surface area (Å²) in [7, 11) is 4.13. The maximum absolute atomic E-state index is 5.87. The van der Waals surface area contributed by atoms with E-state index in [1.807, 2.05) is 42.5 Å². The number of hydrogen-bond acceptors (Lipinski definition) is 3. The molecule has 0 N–H and O–H groups in total. The predicted molar refractivity (Wildman–Crippen MR) is 85.9 cm³/mol. The topological polar surface area (TPSA) is 21.7 Å². The first kappa shape index (κ1) is 15.4. The summed E-state index contributed by atoms with van der Waals surface area (Å²) in [5.74, 6) is 1.61.